The maximum absolute atomic E-state index is 5.21. The molecule has 0 N–H and O–H groups in total. The summed E-state index contributed by atoms with van der Waals surface area (Å²) in [7, 11) is 1.75. The quantitative estimate of drug-likeness (QED) is 0.588. The Kier molecular flexibility index (Phi) is 4.03. The molecule has 0 aliphatic heterocycles. The van der Waals surface area contributed by atoms with E-state index in [4.69, 9.17) is 4.33 Å². The minimum atomic E-state index is 1.10. The average Bonchev–Trinajstić information content (AvgIpc) is 2.50. The van der Waals surface area contributed by atoms with Crippen molar-refractivity contribution in [3.63, 3.8) is 0 Å². The van der Waals surface area contributed by atoms with Crippen LogP contribution in [-0.4, -0.2) is 7.13 Å². The third-order valence-corrected chi connectivity index (χ3v) is 1.86. The van der Waals surface area contributed by atoms with Gasteiger partial charge < -0.3 is 0 Å². The van der Waals surface area contributed by atoms with Crippen molar-refractivity contribution in [3.8, 4) is 0 Å². The molecular formula is C9H15BO. The van der Waals surface area contributed by atoms with Gasteiger partial charge >= 0.3 is 68.3 Å². The van der Waals surface area contributed by atoms with Crippen molar-refractivity contribution in [1.29, 1.82) is 0 Å². The third kappa shape index (κ3) is 3.40. The summed E-state index contributed by atoms with van der Waals surface area (Å²) in [6, 6.07) is 2.05. The van der Waals surface area contributed by atoms with Crippen molar-refractivity contribution < 1.29 is 4.33 Å². The molecule has 11 heavy (non-hydrogen) atoms. The summed E-state index contributed by atoms with van der Waals surface area (Å²) in [5.41, 5.74) is 0. The van der Waals surface area contributed by atoms with Crippen molar-refractivity contribution in [1.82, 2.24) is 0 Å². The van der Waals surface area contributed by atoms with Crippen molar-refractivity contribution >= 4 is 7.13 Å². The Bertz CT molecular complexity index is 170. The van der Waals surface area contributed by atoms with Gasteiger partial charge in [0.25, 0.3) is 0 Å². The van der Waals surface area contributed by atoms with Crippen molar-refractivity contribution in [3.05, 3.63) is 17.8 Å². The number of unbranched alkanes of at least 4 members (excludes halogenated alkanes) is 3. The van der Waals surface area contributed by atoms with Gasteiger partial charge in [-0.1, -0.05) is 0 Å². The zero-order valence-electron chi connectivity index (χ0n) is 7.18. The Labute approximate surface area is 69.1 Å². The molecule has 0 bridgehead atoms. The number of hydrogen-bond acceptors (Lipinski definition) is 1. The van der Waals surface area contributed by atoms with Gasteiger partial charge in [0.05, 0.1) is 0 Å². The second-order valence-corrected chi connectivity index (χ2v) is 2.89. The molecule has 1 heterocycles. The molecule has 0 fully saturated rings. The first-order chi connectivity index (χ1) is 5.43. The monoisotopic (exact) mass is 150 g/mol. The second kappa shape index (κ2) is 5.17. The van der Waals surface area contributed by atoms with E-state index in [9.17, 15) is 0 Å². The van der Waals surface area contributed by atoms with Crippen LogP contribution in [0.5, 0.6) is 0 Å². The normalized spacial score (nSPS) is 9.91. The summed E-state index contributed by atoms with van der Waals surface area (Å²) in [5, 5.41) is 0. The first-order valence-electron chi connectivity index (χ1n) is 4.46. The van der Waals surface area contributed by atoms with Crippen LogP contribution in [0, 0.1) is 0 Å². The Morgan fingerprint density at radius 1 is 1.36 bits per heavy atom. The van der Waals surface area contributed by atoms with Gasteiger partial charge in [-0.2, -0.15) is 0 Å². The molecule has 0 atom stereocenters. The van der Waals surface area contributed by atoms with E-state index in [-0.39, 0.29) is 0 Å². The van der Waals surface area contributed by atoms with Gasteiger partial charge in [0.1, 0.15) is 0 Å². The number of rotatable bonds is 5. The molecule has 0 amide bonds. The zero-order chi connectivity index (χ0) is 7.94. The van der Waals surface area contributed by atoms with E-state index in [1.807, 2.05) is 12.0 Å². The first-order valence-corrected chi connectivity index (χ1v) is 4.46. The van der Waals surface area contributed by atoms with Crippen LogP contribution in [0.25, 0.3) is 0 Å². The van der Waals surface area contributed by atoms with Crippen LogP contribution < -0.4 is 0 Å². The molecule has 0 radical (unpaired) electrons. The molecular weight excluding hydrogens is 135 g/mol. The summed E-state index contributed by atoms with van der Waals surface area (Å²) in [5.74, 6) is 3.08. The Morgan fingerprint density at radius 2 is 2.27 bits per heavy atom. The molecule has 0 aliphatic carbocycles. The van der Waals surface area contributed by atoms with E-state index in [1.54, 1.807) is 7.13 Å². The van der Waals surface area contributed by atoms with Gasteiger partial charge in [-0.05, 0) is 0 Å². The summed E-state index contributed by atoms with van der Waals surface area (Å²) in [4.78, 5) is 0. The van der Waals surface area contributed by atoms with Crippen LogP contribution >= 0.6 is 0 Å². The molecule has 0 spiro atoms. The Morgan fingerprint density at radius 3 is 2.91 bits per heavy atom. The minimum absolute atomic E-state index is 1.10. The zero-order valence-corrected chi connectivity index (χ0v) is 7.18. The molecule has 0 aliphatic rings. The molecule has 1 aromatic heterocycles. The summed E-state index contributed by atoms with van der Waals surface area (Å²) in [6.45, 7) is 2.23. The van der Waals surface area contributed by atoms with Gasteiger partial charge in [0, 0.05) is 0 Å². The van der Waals surface area contributed by atoms with Gasteiger partial charge in [0.2, 0.25) is 0 Å². The van der Waals surface area contributed by atoms with E-state index in [0.717, 1.165) is 12.2 Å². The topological polar surface area (TPSA) is 13.1 Å². The fourth-order valence-electron chi connectivity index (χ4n) is 1.18. The van der Waals surface area contributed by atoms with Gasteiger partial charge in [-0.3, -0.25) is 0 Å². The van der Waals surface area contributed by atoms with Crippen LogP contribution in [0.2, 0.25) is 0 Å². The van der Waals surface area contributed by atoms with Crippen LogP contribution in [0.1, 0.15) is 38.4 Å². The molecule has 1 rings (SSSR count). The fourth-order valence-corrected chi connectivity index (χ4v) is 1.18. The average molecular weight is 150 g/mol. The van der Waals surface area contributed by atoms with Crippen LogP contribution in [-0.2, 0) is 6.42 Å². The summed E-state index contributed by atoms with van der Waals surface area (Å²) in [6.07, 6.45) is 6.35. The third-order valence-electron chi connectivity index (χ3n) is 1.86. The van der Waals surface area contributed by atoms with E-state index in [1.165, 1.54) is 25.7 Å². The molecule has 0 unspecified atom stereocenters. The van der Waals surface area contributed by atoms with Crippen LogP contribution in [0.3, 0.4) is 0 Å². The molecule has 0 aromatic carbocycles. The van der Waals surface area contributed by atoms with Crippen molar-refractivity contribution in [2.75, 3.05) is 0 Å². The number of hydrogen-bond donors (Lipinski definition) is 0. The van der Waals surface area contributed by atoms with Gasteiger partial charge in [0.15, 0.2) is 0 Å². The molecule has 60 valence electrons. The van der Waals surface area contributed by atoms with E-state index >= 15 is 0 Å². The Balaban J connectivity index is 2.04. The van der Waals surface area contributed by atoms with Crippen molar-refractivity contribution in [2.24, 2.45) is 0 Å². The predicted octanol–water partition coefficient (Wildman–Crippen LogP) is 2.74. The van der Waals surface area contributed by atoms with Crippen molar-refractivity contribution in [2.45, 2.75) is 39.0 Å². The van der Waals surface area contributed by atoms with E-state index in [2.05, 4.69) is 6.92 Å². The molecule has 2 heteroatoms. The van der Waals surface area contributed by atoms with E-state index in [0.29, 0.717) is 0 Å². The van der Waals surface area contributed by atoms with Gasteiger partial charge in [-0.25, -0.2) is 0 Å². The Hall–Kier alpha value is -0.525. The maximum atomic E-state index is 5.21. The SMILES string of the molecule is CCCCCCc1ccbo1. The summed E-state index contributed by atoms with van der Waals surface area (Å²) >= 11 is 0. The fraction of sp³-hybridized carbons (Fsp3) is 0.667. The summed E-state index contributed by atoms with van der Waals surface area (Å²) < 4.78 is 5.21. The molecule has 0 saturated heterocycles. The molecule has 1 aromatic rings. The van der Waals surface area contributed by atoms with Crippen LogP contribution in [0.15, 0.2) is 16.4 Å². The molecule has 0 saturated carbocycles. The first kappa shape index (κ1) is 8.57. The number of aryl methyl sites for hydroxylation is 1. The standard InChI is InChI=1S/C9H15BO/c1-2-3-4-5-6-9-7-8-10-11-9/h7-8H,2-6H2,1H3. The second-order valence-electron chi connectivity index (χ2n) is 2.89. The molecule has 1 nitrogen and oxygen atoms in total. The predicted molar refractivity (Wildman–Crippen MR) is 47.9 cm³/mol. The van der Waals surface area contributed by atoms with Gasteiger partial charge in [-0.15, -0.1) is 0 Å². The van der Waals surface area contributed by atoms with E-state index < -0.39 is 0 Å². The van der Waals surface area contributed by atoms with Crippen LogP contribution in [0.4, 0.5) is 0 Å².